The third-order valence-corrected chi connectivity index (χ3v) is 7.41. The number of carboxylic acid groups (broad SMARTS) is 1. The zero-order valence-corrected chi connectivity index (χ0v) is 18.7. The minimum atomic E-state index is -1.25. The number of amides is 2. The van der Waals surface area contributed by atoms with Crippen LogP contribution in [0.5, 0.6) is 0 Å². The molecule has 168 valence electrons. The fourth-order valence-electron chi connectivity index (χ4n) is 3.10. The summed E-state index contributed by atoms with van der Waals surface area (Å²) in [6.07, 6.45) is 0. The molecule has 0 aliphatic carbocycles. The molecule has 1 fully saturated rings. The number of aromatic nitrogens is 3. The van der Waals surface area contributed by atoms with Gasteiger partial charge in [0.2, 0.25) is 5.89 Å². The van der Waals surface area contributed by atoms with E-state index in [4.69, 9.17) is 10.2 Å². The molecular weight excluding hydrogens is 482 g/mol. The van der Waals surface area contributed by atoms with E-state index in [0.717, 1.165) is 16.2 Å². The van der Waals surface area contributed by atoms with Crippen LogP contribution in [0.2, 0.25) is 0 Å². The summed E-state index contributed by atoms with van der Waals surface area (Å²) in [6, 6.07) is -0.984. The average molecular weight is 498 g/mol. The topological polar surface area (TPSA) is 197 Å². The number of rotatable bonds is 7. The summed E-state index contributed by atoms with van der Waals surface area (Å²) in [4.78, 5) is 42.2. The van der Waals surface area contributed by atoms with Crippen molar-refractivity contribution < 1.29 is 29.1 Å². The van der Waals surface area contributed by atoms with Crippen molar-refractivity contribution in [3.8, 4) is 0 Å². The number of anilines is 1. The summed E-state index contributed by atoms with van der Waals surface area (Å²) in [5.41, 5.74) is 5.60. The lowest BCUT2D eigenvalue weighted by atomic mass is 10.0. The number of oxime groups is 1. The van der Waals surface area contributed by atoms with Crippen molar-refractivity contribution in [2.24, 2.45) is 5.16 Å². The number of carbonyl (C=O) groups is 3. The van der Waals surface area contributed by atoms with Gasteiger partial charge in [0.1, 0.15) is 22.8 Å². The van der Waals surface area contributed by atoms with Gasteiger partial charge in [0.25, 0.3) is 17.0 Å². The lowest BCUT2D eigenvalue weighted by molar-refractivity contribution is -0.150. The molecule has 2 amide bonds. The Morgan fingerprint density at radius 2 is 2.25 bits per heavy atom. The molecule has 2 aliphatic heterocycles. The fraction of sp³-hybridized carbons (Fsp3) is 0.312. The van der Waals surface area contributed by atoms with E-state index < -0.39 is 34.9 Å². The van der Waals surface area contributed by atoms with Gasteiger partial charge >= 0.3 is 5.97 Å². The maximum Gasteiger partial charge on any atom is 0.352 e. The maximum absolute atomic E-state index is 12.7. The third kappa shape index (κ3) is 4.03. The highest BCUT2D eigenvalue weighted by molar-refractivity contribution is 8.01. The average Bonchev–Trinajstić information content (AvgIpc) is 3.38. The molecule has 2 atom stereocenters. The molecule has 0 bridgehead atoms. The standard InChI is InChI=1S/C16H15N7O6S3/c1-5-20-21-16(29-5)32-3-6-2-30-13-9(12(25)23(13)10(6)14(26)27)19-11(24)8(22-28)7-4-31-15(17)18-7/h4,9,13,28H,2-3H2,1H3,(H2,17,18)(H,19,24)(H,26,27)/b22-8+. The Balaban J connectivity index is 1.48. The first-order valence-electron chi connectivity index (χ1n) is 8.87. The molecule has 2 aromatic rings. The molecule has 16 heteroatoms. The molecule has 2 aliphatic rings. The largest absolute Gasteiger partial charge is 0.477 e. The lowest BCUT2D eigenvalue weighted by Gasteiger charge is -2.49. The highest BCUT2D eigenvalue weighted by Gasteiger charge is 2.54. The van der Waals surface area contributed by atoms with Gasteiger partial charge in [-0.25, -0.2) is 9.78 Å². The minimum Gasteiger partial charge on any atom is -0.477 e. The van der Waals surface area contributed by atoms with Crippen LogP contribution in [0.25, 0.3) is 0 Å². The summed E-state index contributed by atoms with van der Waals surface area (Å²) >= 11 is 3.54. The van der Waals surface area contributed by atoms with Gasteiger partial charge in [-0.05, 0) is 5.57 Å². The number of hydrogen-bond acceptors (Lipinski definition) is 13. The van der Waals surface area contributed by atoms with Gasteiger partial charge in [0, 0.05) is 23.8 Å². The summed E-state index contributed by atoms with van der Waals surface area (Å²) < 4.78 is 5.28. The van der Waals surface area contributed by atoms with Gasteiger partial charge in [0.05, 0.1) is 0 Å². The van der Waals surface area contributed by atoms with Crippen molar-refractivity contribution in [1.29, 1.82) is 0 Å². The number of carboxylic acids is 1. The van der Waals surface area contributed by atoms with E-state index in [9.17, 15) is 24.7 Å². The lowest BCUT2D eigenvalue weighted by Crippen LogP contribution is -2.71. The van der Waals surface area contributed by atoms with Crippen molar-refractivity contribution in [1.82, 2.24) is 25.4 Å². The van der Waals surface area contributed by atoms with E-state index in [-0.39, 0.29) is 22.3 Å². The van der Waals surface area contributed by atoms with Gasteiger partial charge in [-0.3, -0.25) is 14.5 Å². The monoisotopic (exact) mass is 497 g/mol. The third-order valence-electron chi connectivity index (χ3n) is 4.49. The molecule has 13 nitrogen and oxygen atoms in total. The van der Waals surface area contributed by atoms with E-state index in [1.54, 1.807) is 6.92 Å². The van der Waals surface area contributed by atoms with E-state index in [2.05, 4.69) is 25.7 Å². The number of carbonyl (C=O) groups excluding carboxylic acids is 2. The molecule has 0 aromatic carbocycles. The van der Waals surface area contributed by atoms with Crippen molar-refractivity contribution in [3.05, 3.63) is 28.2 Å². The molecule has 2 aromatic heterocycles. The number of aliphatic carboxylic acids is 1. The normalized spacial score (nSPS) is 20.7. The maximum atomic E-state index is 12.7. The highest BCUT2D eigenvalue weighted by Crippen LogP contribution is 2.41. The zero-order chi connectivity index (χ0) is 23.0. The zero-order valence-electron chi connectivity index (χ0n) is 16.2. The summed E-state index contributed by atoms with van der Waals surface area (Å²) in [7, 11) is 0. The van der Waals surface area contributed by atoms with E-state index in [1.165, 1.54) is 28.9 Å². The van der Waals surface area contributed by atoms with Crippen LogP contribution in [0.1, 0.15) is 11.6 Å². The highest BCUT2D eigenvalue weighted by atomic mass is 32.2. The molecule has 5 N–H and O–H groups in total. The number of nitrogen functional groups attached to an aromatic ring is 1. The van der Waals surface area contributed by atoms with Crippen molar-refractivity contribution in [2.45, 2.75) is 23.6 Å². The second-order valence-electron chi connectivity index (χ2n) is 6.51. The minimum absolute atomic E-state index is 0.0640. The van der Waals surface area contributed by atoms with E-state index in [0.29, 0.717) is 22.4 Å². The van der Waals surface area contributed by atoms with Crippen LogP contribution in [0, 0.1) is 6.92 Å². The van der Waals surface area contributed by atoms with Crippen LogP contribution in [0.4, 0.5) is 5.13 Å². The first-order chi connectivity index (χ1) is 15.3. The van der Waals surface area contributed by atoms with E-state index >= 15 is 0 Å². The first kappa shape index (κ1) is 22.1. The number of nitrogens with one attached hydrogen (secondary N) is 1. The Hall–Kier alpha value is -3.11. The van der Waals surface area contributed by atoms with E-state index in [1.807, 2.05) is 0 Å². The number of β-lactam (4-membered cyclic amide) rings is 1. The smallest absolute Gasteiger partial charge is 0.352 e. The summed E-state index contributed by atoms with van der Waals surface area (Å²) in [5.74, 6) is -1.70. The SMILES string of the molecule is Cc1nnc(SCC2=C(C(=O)O)N3C(=O)C(NC(=O)/C(=N/O)c4csc(N)n4)C3SC2)o1. The molecule has 0 saturated carbocycles. The molecule has 32 heavy (non-hydrogen) atoms. The Kier molecular flexibility index (Phi) is 6.07. The van der Waals surface area contributed by atoms with Crippen LogP contribution in [-0.2, 0) is 14.4 Å². The molecule has 0 spiro atoms. The van der Waals surface area contributed by atoms with Gasteiger partial charge in [-0.1, -0.05) is 16.9 Å². The van der Waals surface area contributed by atoms with Crippen molar-refractivity contribution in [2.75, 3.05) is 17.2 Å². The van der Waals surface area contributed by atoms with Crippen LogP contribution in [-0.4, -0.2) is 76.8 Å². The number of nitrogens with zero attached hydrogens (tertiary/aromatic N) is 5. The molecule has 2 unspecified atom stereocenters. The van der Waals surface area contributed by atoms with Gasteiger partial charge in [-0.2, -0.15) is 0 Å². The Morgan fingerprint density at radius 1 is 1.47 bits per heavy atom. The molecule has 4 rings (SSSR count). The molecule has 1 saturated heterocycles. The number of nitrogens with two attached hydrogens (primary N) is 1. The van der Waals surface area contributed by atoms with Gasteiger partial charge in [0.15, 0.2) is 10.8 Å². The first-order valence-corrected chi connectivity index (χ1v) is 11.8. The Morgan fingerprint density at radius 3 is 2.84 bits per heavy atom. The van der Waals surface area contributed by atoms with Crippen molar-refractivity contribution >= 4 is 63.5 Å². The fourth-order valence-corrected chi connectivity index (χ4v) is 5.94. The molecule has 0 radical (unpaired) electrons. The van der Waals surface area contributed by atoms with Crippen LogP contribution in [0.15, 0.2) is 31.4 Å². The number of fused-ring (bicyclic) bond motifs is 1. The van der Waals surface area contributed by atoms with Gasteiger partial charge in [-0.15, -0.1) is 33.3 Å². The van der Waals surface area contributed by atoms with Crippen LogP contribution < -0.4 is 11.1 Å². The van der Waals surface area contributed by atoms with Gasteiger partial charge < -0.3 is 25.8 Å². The van der Waals surface area contributed by atoms with Crippen molar-refractivity contribution in [3.63, 3.8) is 0 Å². The number of thiazole rings is 1. The second kappa shape index (κ2) is 8.79. The van der Waals surface area contributed by atoms with Crippen LogP contribution in [0.3, 0.4) is 0 Å². The predicted octanol–water partition coefficient (Wildman–Crippen LogP) is 0.126. The molecular formula is C16H15N7O6S3. The molecule has 4 heterocycles. The second-order valence-corrected chi connectivity index (χ2v) is 9.43. The number of aryl methyl sites for hydroxylation is 1. The summed E-state index contributed by atoms with van der Waals surface area (Å²) in [6.45, 7) is 1.64. The predicted molar refractivity (Wildman–Crippen MR) is 114 cm³/mol. The summed E-state index contributed by atoms with van der Waals surface area (Å²) in [5, 5.41) is 33.2. The quantitative estimate of drug-likeness (QED) is 0.133. The number of hydrogen-bond donors (Lipinski definition) is 4. The Labute approximate surface area is 192 Å². The number of thioether (sulfide) groups is 2. The Bertz CT molecular complexity index is 1160. The van der Waals surface area contributed by atoms with Crippen LogP contribution >= 0.6 is 34.9 Å².